The Morgan fingerprint density at radius 3 is 2.41 bits per heavy atom. The summed E-state index contributed by atoms with van der Waals surface area (Å²) in [5.74, 6) is 4.82. The summed E-state index contributed by atoms with van der Waals surface area (Å²) in [6, 6.07) is 0.157. The largest absolute Gasteiger partial charge is 0.353 e. The quantitative estimate of drug-likeness (QED) is 0.308. The second-order valence-corrected chi connectivity index (χ2v) is 4.26. The van der Waals surface area contributed by atoms with Crippen LogP contribution in [0.5, 0.6) is 0 Å². The molecule has 0 aliphatic carbocycles. The Morgan fingerprint density at radius 2 is 1.94 bits per heavy atom. The smallest absolute Gasteiger partial charge is 0.234 e. The van der Waals surface area contributed by atoms with Crippen LogP contribution in [0.25, 0.3) is 0 Å². The summed E-state index contributed by atoms with van der Waals surface area (Å²) in [4.78, 5) is 24.4. The van der Waals surface area contributed by atoms with Crippen molar-refractivity contribution >= 4 is 11.8 Å². The minimum Gasteiger partial charge on any atom is -0.353 e. The first-order valence-corrected chi connectivity index (χ1v) is 6.00. The van der Waals surface area contributed by atoms with Crippen LogP contribution in [0.4, 0.5) is 0 Å². The van der Waals surface area contributed by atoms with Crippen LogP contribution >= 0.6 is 0 Å². The molecule has 4 N–H and O–H groups in total. The van der Waals surface area contributed by atoms with Crippen molar-refractivity contribution in [3.63, 3.8) is 0 Å². The molecule has 0 rings (SSSR count). The summed E-state index contributed by atoms with van der Waals surface area (Å²) >= 11 is 0. The van der Waals surface area contributed by atoms with Crippen molar-refractivity contribution in [3.05, 3.63) is 0 Å². The minimum atomic E-state index is -0.173. The number of nitrogens with two attached hydrogens (primary N) is 1. The van der Waals surface area contributed by atoms with Gasteiger partial charge in [-0.05, 0) is 33.4 Å². The Labute approximate surface area is 103 Å². The van der Waals surface area contributed by atoms with Crippen LogP contribution < -0.4 is 16.6 Å². The third-order valence-corrected chi connectivity index (χ3v) is 2.30. The van der Waals surface area contributed by atoms with Gasteiger partial charge in [0.1, 0.15) is 0 Å². The van der Waals surface area contributed by atoms with Crippen molar-refractivity contribution in [2.24, 2.45) is 5.84 Å². The minimum absolute atomic E-state index is 0.0186. The molecule has 2 amide bonds. The highest BCUT2D eigenvalue weighted by Crippen LogP contribution is 1.95. The maximum Gasteiger partial charge on any atom is 0.234 e. The average Bonchev–Trinajstić information content (AvgIpc) is 2.26. The predicted octanol–water partition coefficient (Wildman–Crippen LogP) is -0.397. The van der Waals surface area contributed by atoms with E-state index in [9.17, 15) is 9.59 Å². The van der Waals surface area contributed by atoms with Gasteiger partial charge in [0, 0.05) is 12.5 Å². The van der Waals surface area contributed by atoms with Crippen LogP contribution in [0.1, 0.15) is 33.6 Å². The first kappa shape index (κ1) is 15.9. The number of likely N-dealkylation sites (N-methyl/N-ethyl adjacent to an activating group) is 1. The van der Waals surface area contributed by atoms with Crippen LogP contribution in [0.2, 0.25) is 0 Å². The number of hydrazine groups is 1. The van der Waals surface area contributed by atoms with E-state index in [4.69, 9.17) is 5.84 Å². The predicted molar refractivity (Wildman–Crippen MR) is 67.0 cm³/mol. The molecule has 0 unspecified atom stereocenters. The maximum absolute atomic E-state index is 11.5. The molecule has 0 aromatic rings. The van der Waals surface area contributed by atoms with E-state index in [1.54, 1.807) is 0 Å². The van der Waals surface area contributed by atoms with Crippen molar-refractivity contribution in [3.8, 4) is 0 Å². The summed E-state index contributed by atoms with van der Waals surface area (Å²) < 4.78 is 0. The Balaban J connectivity index is 3.83. The molecule has 0 saturated heterocycles. The molecule has 0 aliphatic rings. The fourth-order valence-corrected chi connectivity index (χ4v) is 1.46. The molecular weight excluding hydrogens is 220 g/mol. The summed E-state index contributed by atoms with van der Waals surface area (Å²) in [5, 5.41) is 2.84. The van der Waals surface area contributed by atoms with E-state index < -0.39 is 0 Å². The van der Waals surface area contributed by atoms with E-state index in [2.05, 4.69) is 10.7 Å². The van der Waals surface area contributed by atoms with E-state index >= 15 is 0 Å². The Bertz CT molecular complexity index is 244. The molecule has 0 aliphatic heterocycles. The van der Waals surface area contributed by atoms with Crippen LogP contribution in [0.3, 0.4) is 0 Å². The van der Waals surface area contributed by atoms with Gasteiger partial charge in [0.05, 0.1) is 6.54 Å². The molecule has 0 radical (unpaired) electrons. The van der Waals surface area contributed by atoms with Gasteiger partial charge in [-0.15, -0.1) is 0 Å². The fourth-order valence-electron chi connectivity index (χ4n) is 1.46. The second-order valence-electron chi connectivity index (χ2n) is 4.26. The van der Waals surface area contributed by atoms with E-state index in [0.717, 1.165) is 13.1 Å². The van der Waals surface area contributed by atoms with Gasteiger partial charge in [-0.3, -0.25) is 19.9 Å². The molecular formula is C11H24N4O2. The highest BCUT2D eigenvalue weighted by atomic mass is 16.2. The van der Waals surface area contributed by atoms with Gasteiger partial charge in [0.2, 0.25) is 11.8 Å². The zero-order chi connectivity index (χ0) is 13.3. The molecule has 6 heteroatoms. The number of amides is 2. The zero-order valence-electron chi connectivity index (χ0n) is 11.0. The second kappa shape index (κ2) is 8.95. The van der Waals surface area contributed by atoms with E-state index in [1.165, 1.54) is 0 Å². The highest BCUT2D eigenvalue weighted by molar-refractivity contribution is 5.78. The van der Waals surface area contributed by atoms with Crippen LogP contribution in [-0.2, 0) is 9.59 Å². The summed E-state index contributed by atoms with van der Waals surface area (Å²) in [6.45, 7) is 7.73. The Kier molecular flexibility index (Phi) is 8.35. The Morgan fingerprint density at radius 1 is 1.29 bits per heavy atom. The average molecular weight is 244 g/mol. The van der Waals surface area contributed by atoms with Crippen molar-refractivity contribution in [1.82, 2.24) is 15.6 Å². The number of carbonyl (C=O) groups excluding carboxylic acids is 2. The molecule has 0 aromatic carbocycles. The lowest BCUT2D eigenvalue weighted by atomic mass is 10.2. The standard InChI is InChI=1S/C11H24N4O2/c1-4-15(7-5-6-10(16)14-12)8-11(17)13-9(2)3/h9H,4-8,12H2,1-3H3,(H,13,17)(H,14,16). The third-order valence-electron chi connectivity index (χ3n) is 2.30. The van der Waals surface area contributed by atoms with Gasteiger partial charge in [-0.2, -0.15) is 0 Å². The summed E-state index contributed by atoms with van der Waals surface area (Å²) in [7, 11) is 0. The van der Waals surface area contributed by atoms with Crippen molar-refractivity contribution < 1.29 is 9.59 Å². The van der Waals surface area contributed by atoms with Gasteiger partial charge < -0.3 is 5.32 Å². The van der Waals surface area contributed by atoms with Gasteiger partial charge in [0.25, 0.3) is 0 Å². The molecule has 17 heavy (non-hydrogen) atoms. The number of carbonyl (C=O) groups is 2. The van der Waals surface area contributed by atoms with E-state index in [0.29, 0.717) is 19.4 Å². The first-order chi connectivity index (χ1) is 7.99. The topological polar surface area (TPSA) is 87.5 Å². The highest BCUT2D eigenvalue weighted by Gasteiger charge is 2.10. The SMILES string of the molecule is CCN(CCCC(=O)NN)CC(=O)NC(C)C. The molecule has 0 atom stereocenters. The molecule has 0 heterocycles. The fraction of sp³-hybridized carbons (Fsp3) is 0.818. The van der Waals surface area contributed by atoms with E-state index in [-0.39, 0.29) is 17.9 Å². The lowest BCUT2D eigenvalue weighted by Crippen LogP contribution is -2.40. The van der Waals surface area contributed by atoms with Crippen molar-refractivity contribution in [2.75, 3.05) is 19.6 Å². The molecule has 6 nitrogen and oxygen atoms in total. The number of nitrogens with zero attached hydrogens (tertiary/aromatic N) is 1. The van der Waals surface area contributed by atoms with Crippen LogP contribution in [-0.4, -0.2) is 42.4 Å². The van der Waals surface area contributed by atoms with Crippen molar-refractivity contribution in [1.29, 1.82) is 0 Å². The summed E-state index contributed by atoms with van der Waals surface area (Å²) in [5.41, 5.74) is 2.09. The number of hydrogen-bond acceptors (Lipinski definition) is 4. The molecule has 0 aromatic heterocycles. The lowest BCUT2D eigenvalue weighted by Gasteiger charge is -2.20. The molecule has 0 bridgehead atoms. The molecule has 0 fully saturated rings. The summed E-state index contributed by atoms with van der Waals surface area (Å²) in [6.07, 6.45) is 1.09. The maximum atomic E-state index is 11.5. The molecule has 100 valence electrons. The van der Waals surface area contributed by atoms with Crippen molar-refractivity contribution in [2.45, 2.75) is 39.7 Å². The molecule has 0 spiro atoms. The number of nitrogens with one attached hydrogen (secondary N) is 2. The number of rotatable bonds is 8. The lowest BCUT2D eigenvalue weighted by molar-refractivity contribution is -0.122. The van der Waals surface area contributed by atoms with Gasteiger partial charge >= 0.3 is 0 Å². The van der Waals surface area contributed by atoms with E-state index in [1.807, 2.05) is 25.7 Å². The zero-order valence-corrected chi connectivity index (χ0v) is 11.0. The van der Waals surface area contributed by atoms with Crippen LogP contribution in [0.15, 0.2) is 0 Å². The third kappa shape index (κ3) is 8.65. The van der Waals surface area contributed by atoms with Crippen LogP contribution in [0, 0.1) is 0 Å². The van der Waals surface area contributed by atoms with Gasteiger partial charge in [0.15, 0.2) is 0 Å². The normalized spacial score (nSPS) is 10.7. The first-order valence-electron chi connectivity index (χ1n) is 6.00. The monoisotopic (exact) mass is 244 g/mol. The Hall–Kier alpha value is -1.14. The number of hydrogen-bond donors (Lipinski definition) is 3. The van der Waals surface area contributed by atoms with Gasteiger partial charge in [-0.1, -0.05) is 6.92 Å². The van der Waals surface area contributed by atoms with Gasteiger partial charge in [-0.25, -0.2) is 5.84 Å². The molecule has 0 saturated carbocycles.